The van der Waals surface area contributed by atoms with Crippen LogP contribution in [0.15, 0.2) is 42.7 Å². The minimum absolute atomic E-state index is 0.319. The predicted octanol–water partition coefficient (Wildman–Crippen LogP) is 2.06. The zero-order valence-corrected chi connectivity index (χ0v) is 12.6. The highest BCUT2D eigenvalue weighted by Crippen LogP contribution is 2.19. The fourth-order valence-electron chi connectivity index (χ4n) is 2.51. The van der Waals surface area contributed by atoms with E-state index in [0.29, 0.717) is 24.8 Å². The summed E-state index contributed by atoms with van der Waals surface area (Å²) in [5, 5.41) is 8.97. The number of carbonyl (C=O) groups is 1. The van der Waals surface area contributed by atoms with Gasteiger partial charge in [-0.1, -0.05) is 12.1 Å². The van der Waals surface area contributed by atoms with E-state index >= 15 is 0 Å². The smallest absolute Gasteiger partial charge is 0.407 e. The molecule has 2 aromatic rings. The maximum atomic E-state index is 10.9. The van der Waals surface area contributed by atoms with Gasteiger partial charge in [-0.3, -0.25) is 4.90 Å². The van der Waals surface area contributed by atoms with Crippen LogP contribution >= 0.6 is 0 Å². The second-order valence-corrected chi connectivity index (χ2v) is 5.33. The molecule has 0 unspecified atom stereocenters. The average Bonchev–Trinajstić information content (AvgIpc) is 2.57. The van der Waals surface area contributed by atoms with Gasteiger partial charge in [0, 0.05) is 45.1 Å². The van der Waals surface area contributed by atoms with Crippen molar-refractivity contribution in [1.29, 1.82) is 0 Å². The minimum atomic E-state index is -0.845. The van der Waals surface area contributed by atoms with E-state index in [1.165, 1.54) is 4.90 Å². The molecule has 1 saturated heterocycles. The van der Waals surface area contributed by atoms with E-state index in [-0.39, 0.29) is 0 Å². The lowest BCUT2D eigenvalue weighted by molar-refractivity contribution is 0.103. The van der Waals surface area contributed by atoms with E-state index in [4.69, 9.17) is 9.84 Å². The van der Waals surface area contributed by atoms with Crippen molar-refractivity contribution in [2.24, 2.45) is 0 Å². The number of amides is 1. The Labute approximate surface area is 134 Å². The van der Waals surface area contributed by atoms with Crippen LogP contribution in [-0.4, -0.2) is 57.1 Å². The molecule has 2 heterocycles. The number of piperazine rings is 1. The Morgan fingerprint density at radius 1 is 1.13 bits per heavy atom. The first kappa shape index (κ1) is 15.2. The SMILES string of the molecule is O=C(O)N1CCN(Cc2cccc(Oc3ncccn3)c2)CC1. The van der Waals surface area contributed by atoms with Crippen LogP contribution in [-0.2, 0) is 6.54 Å². The van der Waals surface area contributed by atoms with E-state index in [2.05, 4.69) is 14.9 Å². The topological polar surface area (TPSA) is 78.8 Å². The molecule has 1 aliphatic heterocycles. The zero-order chi connectivity index (χ0) is 16.1. The van der Waals surface area contributed by atoms with Gasteiger partial charge in [0.15, 0.2) is 0 Å². The van der Waals surface area contributed by atoms with Crippen LogP contribution in [0, 0.1) is 0 Å². The summed E-state index contributed by atoms with van der Waals surface area (Å²) in [5.74, 6) is 0.692. The van der Waals surface area contributed by atoms with Crippen LogP contribution in [0.1, 0.15) is 5.56 Å². The lowest BCUT2D eigenvalue weighted by atomic mass is 10.2. The van der Waals surface area contributed by atoms with Crippen LogP contribution in [0.4, 0.5) is 4.79 Å². The molecule has 0 saturated carbocycles. The first-order chi connectivity index (χ1) is 11.2. The van der Waals surface area contributed by atoms with Crippen molar-refractivity contribution in [2.45, 2.75) is 6.54 Å². The number of ether oxygens (including phenoxy) is 1. The molecule has 1 aromatic carbocycles. The first-order valence-corrected chi connectivity index (χ1v) is 7.45. The summed E-state index contributed by atoms with van der Waals surface area (Å²) in [6.45, 7) is 3.32. The summed E-state index contributed by atoms with van der Waals surface area (Å²) in [7, 11) is 0. The van der Waals surface area contributed by atoms with Gasteiger partial charge in [0.25, 0.3) is 0 Å². The van der Waals surface area contributed by atoms with Crippen LogP contribution in [0.2, 0.25) is 0 Å². The van der Waals surface area contributed by atoms with Gasteiger partial charge in [0.05, 0.1) is 0 Å². The number of nitrogens with zero attached hydrogens (tertiary/aromatic N) is 4. The molecule has 1 aromatic heterocycles. The Morgan fingerprint density at radius 3 is 2.57 bits per heavy atom. The van der Waals surface area contributed by atoms with Gasteiger partial charge < -0.3 is 14.7 Å². The van der Waals surface area contributed by atoms with Crippen molar-refractivity contribution in [2.75, 3.05) is 26.2 Å². The summed E-state index contributed by atoms with van der Waals surface area (Å²) in [4.78, 5) is 22.7. The van der Waals surface area contributed by atoms with Gasteiger partial charge in [-0.25, -0.2) is 14.8 Å². The molecule has 23 heavy (non-hydrogen) atoms. The van der Waals surface area contributed by atoms with Crippen LogP contribution in [0.5, 0.6) is 11.8 Å². The van der Waals surface area contributed by atoms with E-state index in [9.17, 15) is 4.79 Å². The third-order valence-corrected chi connectivity index (χ3v) is 3.70. The Bertz CT molecular complexity index is 657. The van der Waals surface area contributed by atoms with Crippen molar-refractivity contribution in [1.82, 2.24) is 19.8 Å². The van der Waals surface area contributed by atoms with Gasteiger partial charge in [0.2, 0.25) is 0 Å². The predicted molar refractivity (Wildman–Crippen MR) is 83.4 cm³/mol. The molecule has 120 valence electrons. The molecule has 3 rings (SSSR count). The highest BCUT2D eigenvalue weighted by molar-refractivity contribution is 5.65. The van der Waals surface area contributed by atoms with Crippen LogP contribution in [0.25, 0.3) is 0 Å². The van der Waals surface area contributed by atoms with Gasteiger partial charge in [0.1, 0.15) is 5.75 Å². The van der Waals surface area contributed by atoms with Gasteiger partial charge in [-0.05, 0) is 23.8 Å². The number of carboxylic acid groups (broad SMARTS) is 1. The molecule has 1 N–H and O–H groups in total. The maximum Gasteiger partial charge on any atom is 0.407 e. The lowest BCUT2D eigenvalue weighted by Gasteiger charge is -2.33. The fourth-order valence-corrected chi connectivity index (χ4v) is 2.51. The Balaban J connectivity index is 1.59. The van der Waals surface area contributed by atoms with Crippen LogP contribution < -0.4 is 4.74 Å². The van der Waals surface area contributed by atoms with Crippen molar-refractivity contribution < 1.29 is 14.6 Å². The Morgan fingerprint density at radius 2 is 1.87 bits per heavy atom. The highest BCUT2D eigenvalue weighted by atomic mass is 16.5. The average molecular weight is 314 g/mol. The quantitative estimate of drug-likeness (QED) is 0.930. The van der Waals surface area contributed by atoms with E-state index < -0.39 is 6.09 Å². The number of hydrogen-bond acceptors (Lipinski definition) is 5. The maximum absolute atomic E-state index is 10.9. The summed E-state index contributed by atoms with van der Waals surface area (Å²) >= 11 is 0. The Kier molecular flexibility index (Phi) is 4.68. The summed E-state index contributed by atoms with van der Waals surface area (Å²) in [6, 6.07) is 9.84. The van der Waals surface area contributed by atoms with Crippen LogP contribution in [0.3, 0.4) is 0 Å². The van der Waals surface area contributed by atoms with Crippen molar-refractivity contribution in [3.63, 3.8) is 0 Å². The van der Waals surface area contributed by atoms with Gasteiger partial charge >= 0.3 is 12.1 Å². The lowest BCUT2D eigenvalue weighted by Crippen LogP contribution is -2.47. The standard InChI is InChI=1S/C16H18N4O3/c21-16(22)20-9-7-19(8-10-20)12-13-3-1-4-14(11-13)23-15-17-5-2-6-18-15/h1-6,11H,7-10,12H2,(H,21,22). The van der Waals surface area contributed by atoms with E-state index in [1.807, 2.05) is 24.3 Å². The molecule has 0 bridgehead atoms. The molecule has 1 aliphatic rings. The molecule has 0 spiro atoms. The van der Waals surface area contributed by atoms with Crippen molar-refractivity contribution in [3.05, 3.63) is 48.3 Å². The molecule has 0 aliphatic carbocycles. The van der Waals surface area contributed by atoms with E-state index in [0.717, 1.165) is 25.2 Å². The second kappa shape index (κ2) is 7.06. The fraction of sp³-hybridized carbons (Fsp3) is 0.312. The molecule has 1 amide bonds. The highest BCUT2D eigenvalue weighted by Gasteiger charge is 2.20. The Hall–Kier alpha value is -2.67. The number of benzene rings is 1. The number of aromatic nitrogens is 2. The number of hydrogen-bond donors (Lipinski definition) is 1. The largest absolute Gasteiger partial charge is 0.465 e. The normalized spacial score (nSPS) is 15.4. The second-order valence-electron chi connectivity index (χ2n) is 5.33. The molecule has 0 atom stereocenters. The molecular formula is C16H18N4O3. The first-order valence-electron chi connectivity index (χ1n) is 7.45. The molecular weight excluding hydrogens is 296 g/mol. The molecule has 0 radical (unpaired) electrons. The molecule has 1 fully saturated rings. The van der Waals surface area contributed by atoms with Gasteiger partial charge in [-0.15, -0.1) is 0 Å². The van der Waals surface area contributed by atoms with E-state index in [1.54, 1.807) is 18.5 Å². The van der Waals surface area contributed by atoms with Crippen molar-refractivity contribution in [3.8, 4) is 11.8 Å². The summed E-state index contributed by atoms with van der Waals surface area (Å²) in [5.41, 5.74) is 1.11. The van der Waals surface area contributed by atoms with Gasteiger partial charge in [-0.2, -0.15) is 0 Å². The zero-order valence-electron chi connectivity index (χ0n) is 12.6. The summed E-state index contributed by atoms with van der Waals surface area (Å²) in [6.07, 6.45) is 2.42. The third kappa shape index (κ3) is 4.17. The number of rotatable bonds is 4. The molecule has 7 nitrogen and oxygen atoms in total. The summed E-state index contributed by atoms with van der Waals surface area (Å²) < 4.78 is 5.63. The van der Waals surface area contributed by atoms with Crippen molar-refractivity contribution >= 4 is 6.09 Å². The third-order valence-electron chi connectivity index (χ3n) is 3.70. The monoisotopic (exact) mass is 314 g/mol. The minimum Gasteiger partial charge on any atom is -0.465 e. The molecule has 7 heteroatoms.